The number of rotatable bonds is 8. The minimum absolute atomic E-state index is 0.0613. The number of hydrogen-bond acceptors (Lipinski definition) is 7. The van der Waals surface area contributed by atoms with Gasteiger partial charge in [0.05, 0.1) is 28.2 Å². The highest BCUT2D eigenvalue weighted by atomic mass is 32.1. The molecule has 1 aliphatic rings. The molecule has 1 aromatic heterocycles. The van der Waals surface area contributed by atoms with Crippen LogP contribution in [0.2, 0.25) is 0 Å². The van der Waals surface area contributed by atoms with Crippen molar-refractivity contribution in [1.29, 1.82) is 0 Å². The Kier molecular flexibility index (Phi) is 9.60. The summed E-state index contributed by atoms with van der Waals surface area (Å²) in [4.78, 5) is 46.4. The van der Waals surface area contributed by atoms with E-state index in [2.05, 4.69) is 41.5 Å². The largest absolute Gasteiger partial charge is 0.444 e. The van der Waals surface area contributed by atoms with E-state index in [0.29, 0.717) is 6.42 Å². The Morgan fingerprint density at radius 2 is 1.79 bits per heavy atom. The van der Waals surface area contributed by atoms with Crippen LogP contribution in [0.25, 0.3) is 10.4 Å². The normalized spacial score (nSPS) is 19.5. The third-order valence-corrected chi connectivity index (χ3v) is 8.00. The van der Waals surface area contributed by atoms with Crippen LogP contribution in [0.3, 0.4) is 0 Å². The van der Waals surface area contributed by atoms with Crippen LogP contribution in [0.4, 0.5) is 4.79 Å². The van der Waals surface area contributed by atoms with Crippen molar-refractivity contribution in [2.24, 2.45) is 5.41 Å². The van der Waals surface area contributed by atoms with Gasteiger partial charge in [-0.05, 0) is 56.6 Å². The number of benzene rings is 1. The third kappa shape index (κ3) is 8.11. The maximum absolute atomic E-state index is 13.7. The lowest BCUT2D eigenvalue weighted by molar-refractivity contribution is -0.141. The van der Waals surface area contributed by atoms with Crippen LogP contribution in [0.1, 0.15) is 84.9 Å². The second kappa shape index (κ2) is 12.2. The molecule has 0 bridgehead atoms. The zero-order valence-corrected chi connectivity index (χ0v) is 25.2. The predicted molar refractivity (Wildman–Crippen MR) is 154 cm³/mol. The molecule has 2 N–H and O–H groups in total. The lowest BCUT2D eigenvalue weighted by Crippen LogP contribution is -2.57. The number of carbonyl (C=O) groups is 3. The number of amides is 2. The Bertz CT molecular complexity index is 1160. The van der Waals surface area contributed by atoms with E-state index in [0.717, 1.165) is 21.7 Å². The van der Waals surface area contributed by atoms with Crippen LogP contribution in [0.15, 0.2) is 29.8 Å². The number of alkyl carbamates (subject to hydrolysis) is 1. The van der Waals surface area contributed by atoms with Gasteiger partial charge in [-0.15, -0.1) is 11.3 Å². The Morgan fingerprint density at radius 3 is 2.33 bits per heavy atom. The number of Topliss-reactive ketones (excluding diaryl/α,β-unsaturated/α-hetero) is 1. The standard InChI is InChI=1S/C30H43N3O5S/c1-18(20-10-12-21(13-11-20)25-19(2)31-17-39-25)9-14-24(35)23-15-22(34)16-33(23)27(36)26(29(3,4)5)32-28(37)38-30(6,7)8/h10-13,17-18,22-23,26,34H,9,14-16H2,1-8H3,(H,32,37)/t18-,22-,23+,26-/m1/s1. The Hall–Kier alpha value is -2.78. The quantitative estimate of drug-likeness (QED) is 0.445. The molecular weight excluding hydrogens is 514 g/mol. The number of hydrogen-bond donors (Lipinski definition) is 2. The number of ketones is 1. The SMILES string of the molecule is Cc1ncsc1-c1ccc([C@H](C)CCC(=O)[C@@H]2C[C@@H](O)CN2C(=O)[C@@H](NC(=O)OC(C)(C)C)C(C)(C)C)cc1. The minimum atomic E-state index is -0.910. The molecular formula is C30H43N3O5S. The van der Waals surface area contributed by atoms with E-state index in [-0.39, 0.29) is 37.0 Å². The average molecular weight is 558 g/mol. The van der Waals surface area contributed by atoms with Crippen LogP contribution in [-0.2, 0) is 14.3 Å². The van der Waals surface area contributed by atoms with E-state index in [9.17, 15) is 19.5 Å². The summed E-state index contributed by atoms with van der Waals surface area (Å²) in [7, 11) is 0. The fourth-order valence-corrected chi connectivity index (χ4v) is 5.65. The fourth-order valence-electron chi connectivity index (χ4n) is 4.84. The van der Waals surface area contributed by atoms with E-state index < -0.39 is 35.3 Å². The zero-order valence-electron chi connectivity index (χ0n) is 24.4. The first-order chi connectivity index (χ1) is 18.1. The molecule has 0 aliphatic carbocycles. The number of carbonyl (C=O) groups excluding carboxylic acids is 3. The highest BCUT2D eigenvalue weighted by molar-refractivity contribution is 7.13. The molecule has 1 aromatic carbocycles. The van der Waals surface area contributed by atoms with Crippen molar-refractivity contribution in [3.63, 3.8) is 0 Å². The molecule has 0 saturated carbocycles. The molecule has 214 valence electrons. The lowest BCUT2D eigenvalue weighted by Gasteiger charge is -2.35. The minimum Gasteiger partial charge on any atom is -0.444 e. The number of likely N-dealkylation sites (tertiary alicyclic amines) is 1. The van der Waals surface area contributed by atoms with Gasteiger partial charge in [0, 0.05) is 19.4 Å². The summed E-state index contributed by atoms with van der Waals surface area (Å²) >= 11 is 1.62. The zero-order chi connectivity index (χ0) is 29.1. The molecule has 8 nitrogen and oxygen atoms in total. The number of aromatic nitrogens is 1. The molecule has 3 rings (SSSR count). The molecule has 0 unspecified atom stereocenters. The first-order valence-corrected chi connectivity index (χ1v) is 14.5. The molecule has 2 aromatic rings. The third-order valence-electron chi connectivity index (χ3n) is 7.02. The summed E-state index contributed by atoms with van der Waals surface area (Å²) in [6.45, 7) is 15.0. The predicted octanol–water partition coefficient (Wildman–Crippen LogP) is 5.47. The monoisotopic (exact) mass is 557 g/mol. The summed E-state index contributed by atoms with van der Waals surface area (Å²) in [6.07, 6.45) is -0.359. The van der Waals surface area contributed by atoms with Gasteiger partial charge in [-0.25, -0.2) is 9.78 Å². The van der Waals surface area contributed by atoms with Gasteiger partial charge in [-0.2, -0.15) is 0 Å². The first kappa shape index (κ1) is 30.8. The van der Waals surface area contributed by atoms with Gasteiger partial charge in [-0.3, -0.25) is 9.59 Å². The molecule has 2 heterocycles. The summed E-state index contributed by atoms with van der Waals surface area (Å²) < 4.78 is 5.37. The second-order valence-corrected chi connectivity index (χ2v) is 13.5. The number of β-amino-alcohol motifs (C(OH)–C–C–N with tert-alkyl or cyclic N) is 1. The number of aliphatic hydroxyl groups excluding tert-OH is 1. The highest BCUT2D eigenvalue weighted by Gasteiger charge is 2.44. The van der Waals surface area contributed by atoms with E-state index in [4.69, 9.17) is 4.74 Å². The summed E-state index contributed by atoms with van der Waals surface area (Å²) in [5, 5.41) is 13.1. The molecule has 4 atom stereocenters. The Balaban J connectivity index is 1.66. The topological polar surface area (TPSA) is 109 Å². The van der Waals surface area contributed by atoms with Gasteiger partial charge in [-0.1, -0.05) is 52.0 Å². The van der Waals surface area contributed by atoms with Gasteiger partial charge in [0.15, 0.2) is 5.78 Å². The number of nitrogens with one attached hydrogen (secondary N) is 1. The summed E-state index contributed by atoms with van der Waals surface area (Å²) in [5.41, 5.74) is 3.78. The summed E-state index contributed by atoms with van der Waals surface area (Å²) in [6, 6.07) is 6.73. The average Bonchev–Trinajstić information content (AvgIpc) is 3.44. The second-order valence-electron chi connectivity index (χ2n) is 12.6. The smallest absolute Gasteiger partial charge is 0.408 e. The van der Waals surface area contributed by atoms with E-state index in [1.807, 2.05) is 33.2 Å². The first-order valence-electron chi connectivity index (χ1n) is 13.6. The number of aliphatic hydroxyl groups is 1. The van der Waals surface area contributed by atoms with Crippen LogP contribution >= 0.6 is 11.3 Å². The Labute approximate surface area is 236 Å². The van der Waals surface area contributed by atoms with Gasteiger partial charge >= 0.3 is 6.09 Å². The van der Waals surface area contributed by atoms with Crippen molar-refractivity contribution in [2.45, 2.75) is 104 Å². The van der Waals surface area contributed by atoms with Crippen LogP contribution in [-0.4, -0.2) is 63.1 Å². The van der Waals surface area contributed by atoms with Crippen molar-refractivity contribution in [3.05, 3.63) is 41.0 Å². The van der Waals surface area contributed by atoms with E-state index >= 15 is 0 Å². The number of nitrogens with zero attached hydrogens (tertiary/aromatic N) is 2. The maximum atomic E-state index is 13.7. The highest BCUT2D eigenvalue weighted by Crippen LogP contribution is 2.31. The molecule has 9 heteroatoms. The number of aryl methyl sites for hydroxylation is 1. The van der Waals surface area contributed by atoms with Gasteiger partial charge < -0.3 is 20.1 Å². The molecule has 2 amide bonds. The molecule has 39 heavy (non-hydrogen) atoms. The van der Waals surface area contributed by atoms with Crippen molar-refractivity contribution in [1.82, 2.24) is 15.2 Å². The van der Waals surface area contributed by atoms with Crippen molar-refractivity contribution >= 4 is 29.1 Å². The van der Waals surface area contributed by atoms with E-state index in [1.54, 1.807) is 32.1 Å². The maximum Gasteiger partial charge on any atom is 0.408 e. The van der Waals surface area contributed by atoms with Crippen molar-refractivity contribution in [2.75, 3.05) is 6.54 Å². The summed E-state index contributed by atoms with van der Waals surface area (Å²) in [5.74, 6) is -0.309. The van der Waals surface area contributed by atoms with Crippen molar-refractivity contribution < 1.29 is 24.2 Å². The van der Waals surface area contributed by atoms with Crippen LogP contribution in [0.5, 0.6) is 0 Å². The number of thiazole rings is 1. The molecule has 1 fully saturated rings. The van der Waals surface area contributed by atoms with Gasteiger partial charge in [0.1, 0.15) is 11.6 Å². The lowest BCUT2D eigenvalue weighted by atomic mass is 9.85. The molecule has 1 aliphatic heterocycles. The van der Waals surface area contributed by atoms with E-state index in [1.165, 1.54) is 4.90 Å². The fraction of sp³-hybridized carbons (Fsp3) is 0.600. The number of ether oxygens (including phenoxy) is 1. The molecule has 1 saturated heterocycles. The molecule has 0 radical (unpaired) electrons. The van der Waals surface area contributed by atoms with Gasteiger partial charge in [0.2, 0.25) is 5.91 Å². The van der Waals surface area contributed by atoms with Crippen LogP contribution < -0.4 is 5.32 Å². The van der Waals surface area contributed by atoms with Gasteiger partial charge in [0.25, 0.3) is 0 Å². The van der Waals surface area contributed by atoms with Crippen molar-refractivity contribution in [3.8, 4) is 10.4 Å². The molecule has 0 spiro atoms. The van der Waals surface area contributed by atoms with Crippen LogP contribution in [0, 0.1) is 12.3 Å². The Morgan fingerprint density at radius 1 is 1.15 bits per heavy atom.